The van der Waals surface area contributed by atoms with Gasteiger partial charge in [0, 0.05) is 15.4 Å². The Morgan fingerprint density at radius 1 is 1.50 bits per heavy atom. The summed E-state index contributed by atoms with van der Waals surface area (Å²) in [6, 6.07) is 5.09. The van der Waals surface area contributed by atoms with Gasteiger partial charge in [-0.3, -0.25) is 0 Å². The number of rotatable bonds is 2. The van der Waals surface area contributed by atoms with Crippen LogP contribution in [0.4, 0.5) is 4.39 Å². The topological polar surface area (TPSA) is 36.9 Å². The fraction of sp³-hybridized carbons (Fsp3) is 0.250. The highest BCUT2D eigenvalue weighted by Crippen LogP contribution is 2.31. The van der Waals surface area contributed by atoms with Gasteiger partial charge in [-0.25, -0.2) is 4.39 Å². The highest BCUT2D eigenvalue weighted by molar-refractivity contribution is 9.10. The van der Waals surface area contributed by atoms with Crippen molar-refractivity contribution in [1.82, 2.24) is 0 Å². The summed E-state index contributed by atoms with van der Waals surface area (Å²) in [6.07, 6.45) is 1.60. The molecule has 0 saturated heterocycles. The largest absolute Gasteiger partial charge is 0.442 e. The lowest BCUT2D eigenvalue weighted by molar-refractivity contribution is 0.548. The van der Waals surface area contributed by atoms with Gasteiger partial charge in [0.1, 0.15) is 6.07 Å². The molecule has 0 unspecified atom stereocenters. The molecule has 1 heterocycles. The van der Waals surface area contributed by atoms with Gasteiger partial charge in [0.2, 0.25) is 5.76 Å². The van der Waals surface area contributed by atoms with Crippen molar-refractivity contribution in [3.8, 4) is 6.07 Å². The average Bonchev–Trinajstić information content (AvgIpc) is 2.58. The van der Waals surface area contributed by atoms with Gasteiger partial charge < -0.3 is 4.42 Å². The van der Waals surface area contributed by atoms with Crippen molar-refractivity contribution in [2.75, 3.05) is 0 Å². The maximum Gasteiger partial charge on any atom is 0.208 e. The van der Waals surface area contributed by atoms with Crippen molar-refractivity contribution in [1.29, 1.82) is 5.26 Å². The highest BCUT2D eigenvalue weighted by Gasteiger charge is 2.16. The van der Waals surface area contributed by atoms with Gasteiger partial charge in [-0.05, 0) is 18.6 Å². The quantitative estimate of drug-likeness (QED) is 0.829. The van der Waals surface area contributed by atoms with E-state index in [-0.39, 0.29) is 11.3 Å². The standard InChI is InChI=1S/C12H9BrFNO/c1-2-3-8-9-4-7(13)5-10(14)12(9)16-11(8)6-15/h4-5H,2-3H2,1H3. The lowest BCUT2D eigenvalue weighted by atomic mass is 10.1. The van der Waals surface area contributed by atoms with E-state index >= 15 is 0 Å². The zero-order valence-corrected chi connectivity index (χ0v) is 10.3. The first-order chi connectivity index (χ1) is 7.67. The zero-order valence-electron chi connectivity index (χ0n) is 8.68. The number of halogens is 2. The first kappa shape index (κ1) is 11.2. The third-order valence-corrected chi connectivity index (χ3v) is 2.87. The van der Waals surface area contributed by atoms with Crippen LogP contribution in [0.15, 0.2) is 21.0 Å². The molecule has 1 aromatic carbocycles. The predicted octanol–water partition coefficient (Wildman–Crippen LogP) is 4.16. The maximum atomic E-state index is 13.6. The second-order valence-electron chi connectivity index (χ2n) is 3.54. The summed E-state index contributed by atoms with van der Waals surface area (Å²) in [7, 11) is 0. The van der Waals surface area contributed by atoms with Crippen molar-refractivity contribution < 1.29 is 8.81 Å². The number of nitrogens with zero attached hydrogens (tertiary/aromatic N) is 1. The third-order valence-electron chi connectivity index (χ3n) is 2.41. The Labute approximate surface area is 101 Å². The van der Waals surface area contributed by atoms with Crippen LogP contribution in [0.25, 0.3) is 11.0 Å². The highest BCUT2D eigenvalue weighted by atomic mass is 79.9. The van der Waals surface area contributed by atoms with E-state index in [1.165, 1.54) is 6.07 Å². The summed E-state index contributed by atoms with van der Waals surface area (Å²) in [5.74, 6) is -0.225. The van der Waals surface area contributed by atoms with Gasteiger partial charge in [0.15, 0.2) is 11.4 Å². The third kappa shape index (κ3) is 1.72. The smallest absolute Gasteiger partial charge is 0.208 e. The Morgan fingerprint density at radius 3 is 2.88 bits per heavy atom. The summed E-state index contributed by atoms with van der Waals surface area (Å²) >= 11 is 3.24. The number of nitriles is 1. The number of fused-ring (bicyclic) bond motifs is 1. The fourth-order valence-corrected chi connectivity index (χ4v) is 2.19. The summed E-state index contributed by atoms with van der Waals surface area (Å²) in [4.78, 5) is 0. The number of hydrogen-bond acceptors (Lipinski definition) is 2. The number of benzene rings is 1. The zero-order chi connectivity index (χ0) is 11.7. The Balaban J connectivity index is 2.80. The molecule has 0 aliphatic heterocycles. The molecule has 4 heteroatoms. The molecule has 2 aromatic rings. The number of furan rings is 1. The molecule has 0 aliphatic carbocycles. The molecule has 16 heavy (non-hydrogen) atoms. The monoisotopic (exact) mass is 281 g/mol. The molecular formula is C12H9BrFNO. The first-order valence-electron chi connectivity index (χ1n) is 4.98. The molecule has 0 N–H and O–H groups in total. The Hall–Kier alpha value is -1.34. The van der Waals surface area contributed by atoms with Crippen LogP contribution in [0, 0.1) is 17.1 Å². The minimum atomic E-state index is -0.441. The van der Waals surface area contributed by atoms with Crippen LogP contribution in [0.3, 0.4) is 0 Å². The molecule has 0 amide bonds. The summed E-state index contributed by atoms with van der Waals surface area (Å²) < 4.78 is 19.5. The first-order valence-corrected chi connectivity index (χ1v) is 5.77. The van der Waals surface area contributed by atoms with Crippen LogP contribution in [0.5, 0.6) is 0 Å². The number of aryl methyl sites for hydroxylation is 1. The van der Waals surface area contributed by atoms with E-state index < -0.39 is 5.82 Å². The van der Waals surface area contributed by atoms with E-state index in [1.807, 2.05) is 13.0 Å². The molecular weight excluding hydrogens is 273 g/mol. The van der Waals surface area contributed by atoms with Gasteiger partial charge >= 0.3 is 0 Å². The van der Waals surface area contributed by atoms with Crippen molar-refractivity contribution in [3.05, 3.63) is 33.7 Å². The SMILES string of the molecule is CCCc1c(C#N)oc2c(F)cc(Br)cc12. The minimum Gasteiger partial charge on any atom is -0.442 e. The Kier molecular flexibility index (Phi) is 2.97. The van der Waals surface area contributed by atoms with E-state index in [9.17, 15) is 4.39 Å². The molecule has 0 aliphatic rings. The van der Waals surface area contributed by atoms with Crippen LogP contribution in [-0.4, -0.2) is 0 Å². The van der Waals surface area contributed by atoms with Gasteiger partial charge in [0.25, 0.3) is 0 Å². The van der Waals surface area contributed by atoms with Gasteiger partial charge in [-0.15, -0.1) is 0 Å². The van der Waals surface area contributed by atoms with Crippen molar-refractivity contribution in [2.45, 2.75) is 19.8 Å². The summed E-state index contributed by atoms with van der Waals surface area (Å²) in [5, 5.41) is 9.61. The van der Waals surface area contributed by atoms with Gasteiger partial charge in [0.05, 0.1) is 0 Å². The molecule has 82 valence electrons. The van der Waals surface area contributed by atoms with E-state index in [0.717, 1.165) is 12.0 Å². The Bertz CT molecular complexity index is 583. The summed E-state index contributed by atoms with van der Waals surface area (Å²) in [6.45, 7) is 2.01. The normalized spacial score (nSPS) is 10.6. The van der Waals surface area contributed by atoms with Crippen molar-refractivity contribution in [2.24, 2.45) is 0 Å². The molecule has 2 rings (SSSR count). The van der Waals surface area contributed by atoms with Crippen LogP contribution in [-0.2, 0) is 6.42 Å². The second kappa shape index (κ2) is 4.26. The average molecular weight is 282 g/mol. The predicted molar refractivity (Wildman–Crippen MR) is 62.6 cm³/mol. The molecule has 0 saturated carbocycles. The second-order valence-corrected chi connectivity index (χ2v) is 4.45. The van der Waals surface area contributed by atoms with Crippen molar-refractivity contribution in [3.63, 3.8) is 0 Å². The van der Waals surface area contributed by atoms with E-state index in [4.69, 9.17) is 9.68 Å². The molecule has 0 spiro atoms. The molecule has 0 fully saturated rings. The lowest BCUT2D eigenvalue weighted by Gasteiger charge is -1.96. The van der Waals surface area contributed by atoms with Gasteiger partial charge in [-0.2, -0.15) is 5.26 Å². The molecule has 1 aromatic heterocycles. The van der Waals surface area contributed by atoms with E-state index in [0.29, 0.717) is 16.3 Å². The number of hydrogen-bond donors (Lipinski definition) is 0. The van der Waals surface area contributed by atoms with E-state index in [1.54, 1.807) is 6.07 Å². The fourth-order valence-electron chi connectivity index (χ4n) is 1.76. The van der Waals surface area contributed by atoms with Crippen LogP contribution in [0.2, 0.25) is 0 Å². The molecule has 0 radical (unpaired) electrons. The molecule has 0 bridgehead atoms. The summed E-state index contributed by atoms with van der Waals surface area (Å²) in [5.41, 5.74) is 0.961. The maximum absolute atomic E-state index is 13.6. The molecule has 2 nitrogen and oxygen atoms in total. The lowest BCUT2D eigenvalue weighted by Crippen LogP contribution is -1.85. The minimum absolute atomic E-state index is 0.170. The van der Waals surface area contributed by atoms with Crippen LogP contribution in [0.1, 0.15) is 24.7 Å². The van der Waals surface area contributed by atoms with Crippen LogP contribution < -0.4 is 0 Å². The van der Waals surface area contributed by atoms with Gasteiger partial charge in [-0.1, -0.05) is 29.3 Å². The Morgan fingerprint density at radius 2 is 2.25 bits per heavy atom. The van der Waals surface area contributed by atoms with Crippen molar-refractivity contribution >= 4 is 26.9 Å². The van der Waals surface area contributed by atoms with Crippen LogP contribution >= 0.6 is 15.9 Å². The molecule has 0 atom stereocenters. The van der Waals surface area contributed by atoms with E-state index in [2.05, 4.69) is 15.9 Å².